The van der Waals surface area contributed by atoms with E-state index in [2.05, 4.69) is 37.5 Å². The number of rotatable bonds is 1. The van der Waals surface area contributed by atoms with E-state index in [-0.39, 0.29) is 6.04 Å². The van der Waals surface area contributed by atoms with E-state index in [1.165, 1.54) is 0 Å². The summed E-state index contributed by atoms with van der Waals surface area (Å²) in [5, 5.41) is 0. The van der Waals surface area contributed by atoms with E-state index in [4.69, 9.17) is 5.73 Å². The second-order valence-corrected chi connectivity index (χ2v) is 4.80. The average molecular weight is 304 g/mol. The molecule has 0 aromatic carbocycles. The number of anilines is 1. The van der Waals surface area contributed by atoms with Crippen molar-refractivity contribution in [3.05, 3.63) is 16.0 Å². The molecule has 2 heterocycles. The Labute approximate surface area is 97.1 Å². The minimum Gasteiger partial charge on any atom is -0.339 e. The fourth-order valence-corrected chi connectivity index (χ4v) is 1.94. The molecule has 2 rings (SSSR count). The lowest BCUT2D eigenvalue weighted by atomic mass is 10.1. The van der Waals surface area contributed by atoms with Crippen LogP contribution in [0.5, 0.6) is 0 Å². The van der Waals surface area contributed by atoms with E-state index < -0.39 is 0 Å². The summed E-state index contributed by atoms with van der Waals surface area (Å²) in [6, 6.07) is 0.270. The molecule has 14 heavy (non-hydrogen) atoms. The molecule has 0 radical (unpaired) electrons. The molecule has 0 spiro atoms. The van der Waals surface area contributed by atoms with Gasteiger partial charge in [0.25, 0.3) is 0 Å². The molecule has 1 saturated heterocycles. The van der Waals surface area contributed by atoms with E-state index in [1.807, 2.05) is 12.4 Å². The Bertz CT molecular complexity index is 300. The summed E-state index contributed by atoms with van der Waals surface area (Å²) < 4.78 is 1.06. The molecule has 4 nitrogen and oxygen atoms in total. The number of nitrogens with two attached hydrogens (primary N) is 1. The average Bonchev–Trinajstić information content (AvgIpc) is 2.19. The lowest BCUT2D eigenvalue weighted by Gasteiger charge is -2.30. The molecule has 5 heteroatoms. The SMILES string of the molecule is N[C@@H]1CCCN(c2ncc(I)cn2)C1. The van der Waals surface area contributed by atoms with Crippen LogP contribution in [-0.4, -0.2) is 29.1 Å². The standard InChI is InChI=1S/C9H13IN4/c10-7-4-12-9(13-5-7)14-3-1-2-8(11)6-14/h4-5,8H,1-3,6,11H2/t8-/m1/s1. The summed E-state index contributed by atoms with van der Waals surface area (Å²) in [6.45, 7) is 1.90. The molecule has 1 fully saturated rings. The zero-order chi connectivity index (χ0) is 9.97. The molecule has 2 N–H and O–H groups in total. The van der Waals surface area contributed by atoms with Crippen LogP contribution in [0.2, 0.25) is 0 Å². The molecule has 0 amide bonds. The molecule has 1 atom stereocenters. The number of piperidine rings is 1. The molecule has 0 bridgehead atoms. The Morgan fingerprint density at radius 2 is 2.14 bits per heavy atom. The Morgan fingerprint density at radius 3 is 2.79 bits per heavy atom. The smallest absolute Gasteiger partial charge is 0.225 e. The monoisotopic (exact) mass is 304 g/mol. The summed E-state index contributed by atoms with van der Waals surface area (Å²) in [7, 11) is 0. The fourth-order valence-electron chi connectivity index (χ4n) is 1.66. The lowest BCUT2D eigenvalue weighted by molar-refractivity contribution is 0.499. The molecule has 1 aliphatic rings. The molecule has 1 aliphatic heterocycles. The van der Waals surface area contributed by atoms with E-state index in [0.717, 1.165) is 35.4 Å². The highest BCUT2D eigenvalue weighted by atomic mass is 127. The van der Waals surface area contributed by atoms with Gasteiger partial charge in [-0.3, -0.25) is 0 Å². The van der Waals surface area contributed by atoms with Gasteiger partial charge in [0.15, 0.2) is 0 Å². The van der Waals surface area contributed by atoms with E-state index in [0.29, 0.717) is 0 Å². The highest BCUT2D eigenvalue weighted by Crippen LogP contribution is 2.14. The van der Waals surface area contributed by atoms with Crippen LogP contribution in [-0.2, 0) is 0 Å². The van der Waals surface area contributed by atoms with Gasteiger partial charge in [0.05, 0.1) is 0 Å². The predicted octanol–water partition coefficient (Wildman–Crippen LogP) is 1.01. The third-order valence-corrected chi connectivity index (χ3v) is 2.90. The van der Waals surface area contributed by atoms with Crippen LogP contribution in [0.15, 0.2) is 12.4 Å². The van der Waals surface area contributed by atoms with Gasteiger partial charge in [-0.25, -0.2) is 9.97 Å². The maximum absolute atomic E-state index is 5.89. The number of aromatic nitrogens is 2. The van der Waals surface area contributed by atoms with Gasteiger partial charge in [0.2, 0.25) is 5.95 Å². The first-order valence-corrected chi connectivity index (χ1v) is 5.81. The number of hydrogen-bond acceptors (Lipinski definition) is 4. The van der Waals surface area contributed by atoms with Crippen molar-refractivity contribution in [2.45, 2.75) is 18.9 Å². The highest BCUT2D eigenvalue weighted by Gasteiger charge is 2.18. The minimum atomic E-state index is 0.270. The molecule has 0 saturated carbocycles. The van der Waals surface area contributed by atoms with Crippen molar-refractivity contribution >= 4 is 28.5 Å². The van der Waals surface area contributed by atoms with Crippen molar-refractivity contribution in [1.29, 1.82) is 0 Å². The van der Waals surface area contributed by atoms with Crippen LogP contribution in [0.4, 0.5) is 5.95 Å². The molecule has 1 aromatic heterocycles. The zero-order valence-corrected chi connectivity index (χ0v) is 10.0. The van der Waals surface area contributed by atoms with Crippen LogP contribution in [0.25, 0.3) is 0 Å². The van der Waals surface area contributed by atoms with Gasteiger partial charge in [0, 0.05) is 35.1 Å². The fraction of sp³-hybridized carbons (Fsp3) is 0.556. The summed E-state index contributed by atoms with van der Waals surface area (Å²) in [5.41, 5.74) is 5.89. The molecule has 1 aromatic rings. The van der Waals surface area contributed by atoms with Crippen molar-refractivity contribution in [2.75, 3.05) is 18.0 Å². The first-order valence-electron chi connectivity index (χ1n) is 4.74. The van der Waals surface area contributed by atoms with Gasteiger partial charge in [-0.2, -0.15) is 0 Å². The number of nitrogens with zero attached hydrogens (tertiary/aromatic N) is 3. The third kappa shape index (κ3) is 2.33. The van der Waals surface area contributed by atoms with Crippen LogP contribution in [0, 0.1) is 3.57 Å². The van der Waals surface area contributed by atoms with Crippen molar-refractivity contribution < 1.29 is 0 Å². The highest BCUT2D eigenvalue weighted by molar-refractivity contribution is 14.1. The van der Waals surface area contributed by atoms with Gasteiger partial charge in [-0.15, -0.1) is 0 Å². The van der Waals surface area contributed by atoms with E-state index in [9.17, 15) is 0 Å². The van der Waals surface area contributed by atoms with Crippen LogP contribution < -0.4 is 10.6 Å². The molecule has 0 aliphatic carbocycles. The third-order valence-electron chi connectivity index (χ3n) is 2.35. The lowest BCUT2D eigenvalue weighted by Crippen LogP contribution is -2.43. The van der Waals surface area contributed by atoms with Gasteiger partial charge >= 0.3 is 0 Å². The van der Waals surface area contributed by atoms with Gasteiger partial charge < -0.3 is 10.6 Å². The van der Waals surface area contributed by atoms with Gasteiger partial charge in [0.1, 0.15) is 0 Å². The molecule has 0 unspecified atom stereocenters. The summed E-state index contributed by atoms with van der Waals surface area (Å²) in [5.74, 6) is 0.806. The molecular weight excluding hydrogens is 291 g/mol. The second kappa shape index (κ2) is 4.39. The maximum Gasteiger partial charge on any atom is 0.225 e. The largest absolute Gasteiger partial charge is 0.339 e. The summed E-state index contributed by atoms with van der Waals surface area (Å²) >= 11 is 2.20. The topological polar surface area (TPSA) is 55.0 Å². The normalized spacial score (nSPS) is 22.4. The predicted molar refractivity (Wildman–Crippen MR) is 64.2 cm³/mol. The Morgan fingerprint density at radius 1 is 1.43 bits per heavy atom. The molecule has 76 valence electrons. The Hall–Kier alpha value is -0.430. The first-order chi connectivity index (χ1) is 6.75. The number of hydrogen-bond donors (Lipinski definition) is 1. The molecular formula is C9H13IN4. The Kier molecular flexibility index (Phi) is 3.17. The van der Waals surface area contributed by atoms with E-state index in [1.54, 1.807) is 0 Å². The quantitative estimate of drug-likeness (QED) is 0.787. The first kappa shape index (κ1) is 10.1. The number of halogens is 1. The minimum absolute atomic E-state index is 0.270. The van der Waals surface area contributed by atoms with Crippen LogP contribution >= 0.6 is 22.6 Å². The maximum atomic E-state index is 5.89. The van der Waals surface area contributed by atoms with E-state index >= 15 is 0 Å². The van der Waals surface area contributed by atoms with Gasteiger partial charge in [-0.1, -0.05) is 0 Å². The Balaban J connectivity index is 2.10. The van der Waals surface area contributed by atoms with Gasteiger partial charge in [-0.05, 0) is 35.4 Å². The van der Waals surface area contributed by atoms with Crippen molar-refractivity contribution in [3.8, 4) is 0 Å². The van der Waals surface area contributed by atoms with Crippen LogP contribution in [0.3, 0.4) is 0 Å². The zero-order valence-electron chi connectivity index (χ0n) is 7.86. The van der Waals surface area contributed by atoms with Crippen molar-refractivity contribution in [2.24, 2.45) is 5.73 Å². The van der Waals surface area contributed by atoms with Crippen molar-refractivity contribution in [3.63, 3.8) is 0 Å². The second-order valence-electron chi connectivity index (χ2n) is 3.55. The van der Waals surface area contributed by atoms with Crippen molar-refractivity contribution in [1.82, 2.24) is 9.97 Å². The summed E-state index contributed by atoms with van der Waals surface area (Å²) in [4.78, 5) is 10.7. The van der Waals surface area contributed by atoms with Crippen LogP contribution in [0.1, 0.15) is 12.8 Å². The summed E-state index contributed by atoms with van der Waals surface area (Å²) in [6.07, 6.45) is 5.92.